The van der Waals surface area contributed by atoms with Gasteiger partial charge in [-0.05, 0) is 24.3 Å². The molecule has 4 amide bonds. The normalized spacial score (nSPS) is 17.2. The molecule has 0 saturated carbocycles. The number of carbonyl (C=O) groups excluding carboxylic acids is 3. The summed E-state index contributed by atoms with van der Waals surface area (Å²) in [5.74, 6) is 0.532. The molecule has 9 heteroatoms. The minimum Gasteiger partial charge on any atom is -0.490 e. The molecule has 0 atom stereocenters. The molecular formula is C20H28N4O5. The molecule has 1 aromatic carbocycles. The third kappa shape index (κ3) is 5.83. The van der Waals surface area contributed by atoms with Crippen molar-refractivity contribution >= 4 is 17.8 Å². The average molecular weight is 404 g/mol. The van der Waals surface area contributed by atoms with Crippen molar-refractivity contribution in [2.24, 2.45) is 0 Å². The first kappa shape index (κ1) is 20.9. The van der Waals surface area contributed by atoms with Crippen molar-refractivity contribution in [1.82, 2.24) is 20.4 Å². The monoisotopic (exact) mass is 404 g/mol. The molecular weight excluding hydrogens is 376 g/mol. The highest BCUT2D eigenvalue weighted by Gasteiger charge is 2.24. The lowest BCUT2D eigenvalue weighted by atomic mass is 10.1. The molecule has 3 rings (SSSR count). The van der Waals surface area contributed by atoms with Crippen LogP contribution in [0.3, 0.4) is 0 Å². The van der Waals surface area contributed by atoms with E-state index < -0.39 is 0 Å². The van der Waals surface area contributed by atoms with Gasteiger partial charge in [-0.25, -0.2) is 4.79 Å². The number of hydrogen-bond donors (Lipinski definition) is 2. The number of ether oxygens (including phenoxy) is 2. The minimum atomic E-state index is -0.180. The molecule has 29 heavy (non-hydrogen) atoms. The number of piperidine rings is 1. The van der Waals surface area contributed by atoms with E-state index >= 15 is 0 Å². The highest BCUT2D eigenvalue weighted by molar-refractivity contribution is 5.94. The Labute approximate surface area is 170 Å². The Morgan fingerprint density at radius 1 is 1.17 bits per heavy atom. The van der Waals surface area contributed by atoms with E-state index in [4.69, 9.17) is 9.47 Å². The van der Waals surface area contributed by atoms with Crippen LogP contribution in [0.2, 0.25) is 0 Å². The number of hydrogen-bond acceptors (Lipinski definition) is 5. The number of methoxy groups -OCH3 is 1. The maximum Gasteiger partial charge on any atom is 0.317 e. The highest BCUT2D eigenvalue weighted by atomic mass is 16.5. The molecule has 0 bridgehead atoms. The van der Waals surface area contributed by atoms with Gasteiger partial charge in [0.2, 0.25) is 5.91 Å². The fourth-order valence-electron chi connectivity index (χ4n) is 3.45. The predicted molar refractivity (Wildman–Crippen MR) is 106 cm³/mol. The van der Waals surface area contributed by atoms with Crippen molar-refractivity contribution in [2.75, 3.05) is 53.0 Å². The van der Waals surface area contributed by atoms with E-state index in [0.717, 1.165) is 12.8 Å². The van der Waals surface area contributed by atoms with Crippen molar-refractivity contribution < 1.29 is 23.9 Å². The number of benzene rings is 1. The van der Waals surface area contributed by atoms with Gasteiger partial charge in [0, 0.05) is 64.8 Å². The van der Waals surface area contributed by atoms with Gasteiger partial charge < -0.3 is 29.9 Å². The van der Waals surface area contributed by atoms with E-state index in [1.807, 2.05) is 0 Å². The molecule has 158 valence electrons. The van der Waals surface area contributed by atoms with Crippen LogP contribution in [0.25, 0.3) is 0 Å². The SMILES string of the molecule is COCC(=O)N1CCC(Oc2ccc(C(=O)NCCN3CCNC3=O)cc2)CC1. The van der Waals surface area contributed by atoms with Crippen LogP contribution in [0.15, 0.2) is 24.3 Å². The first-order valence-corrected chi connectivity index (χ1v) is 9.91. The number of urea groups is 1. The quantitative estimate of drug-likeness (QED) is 0.656. The second kappa shape index (κ2) is 10.1. The fraction of sp³-hybridized carbons (Fsp3) is 0.550. The third-order valence-electron chi connectivity index (χ3n) is 5.09. The van der Waals surface area contributed by atoms with Crippen LogP contribution in [0, 0.1) is 0 Å². The van der Waals surface area contributed by atoms with Crippen LogP contribution in [-0.4, -0.2) is 86.7 Å². The molecule has 2 fully saturated rings. The van der Waals surface area contributed by atoms with E-state index in [2.05, 4.69) is 10.6 Å². The van der Waals surface area contributed by atoms with Crippen LogP contribution >= 0.6 is 0 Å². The number of nitrogens with one attached hydrogen (secondary N) is 2. The van der Waals surface area contributed by atoms with Crippen LogP contribution in [-0.2, 0) is 9.53 Å². The molecule has 0 aliphatic carbocycles. The van der Waals surface area contributed by atoms with Gasteiger partial charge in [0.1, 0.15) is 18.5 Å². The summed E-state index contributed by atoms with van der Waals surface area (Å²) in [6, 6.07) is 6.93. The van der Waals surface area contributed by atoms with Crippen molar-refractivity contribution in [2.45, 2.75) is 18.9 Å². The first-order chi connectivity index (χ1) is 14.1. The second-order valence-corrected chi connectivity index (χ2v) is 7.13. The molecule has 0 spiro atoms. The Balaban J connectivity index is 1.40. The largest absolute Gasteiger partial charge is 0.490 e. The number of nitrogens with zero attached hydrogens (tertiary/aromatic N) is 2. The maximum atomic E-state index is 12.2. The average Bonchev–Trinajstić information content (AvgIpc) is 3.14. The summed E-state index contributed by atoms with van der Waals surface area (Å²) in [6.07, 6.45) is 1.58. The number of carbonyl (C=O) groups is 3. The van der Waals surface area contributed by atoms with E-state index in [0.29, 0.717) is 50.6 Å². The third-order valence-corrected chi connectivity index (χ3v) is 5.09. The molecule has 0 radical (unpaired) electrons. The molecule has 1 aromatic rings. The summed E-state index contributed by atoms with van der Waals surface area (Å²) in [5, 5.41) is 5.55. The Morgan fingerprint density at radius 3 is 2.52 bits per heavy atom. The minimum absolute atomic E-state index is 0.00618. The van der Waals surface area contributed by atoms with Crippen LogP contribution in [0.4, 0.5) is 4.79 Å². The molecule has 2 N–H and O–H groups in total. The van der Waals surface area contributed by atoms with Crippen molar-refractivity contribution in [3.05, 3.63) is 29.8 Å². The van der Waals surface area contributed by atoms with Gasteiger partial charge >= 0.3 is 6.03 Å². The molecule has 0 aromatic heterocycles. The lowest BCUT2D eigenvalue weighted by Crippen LogP contribution is -2.43. The zero-order valence-corrected chi connectivity index (χ0v) is 16.7. The highest BCUT2D eigenvalue weighted by Crippen LogP contribution is 2.20. The topological polar surface area (TPSA) is 100 Å². The lowest BCUT2D eigenvalue weighted by Gasteiger charge is -2.32. The van der Waals surface area contributed by atoms with Gasteiger partial charge in [0.25, 0.3) is 5.91 Å². The summed E-state index contributed by atoms with van der Waals surface area (Å²) in [5.41, 5.74) is 0.545. The van der Waals surface area contributed by atoms with E-state index in [1.54, 1.807) is 34.1 Å². The molecule has 0 unspecified atom stereocenters. The Kier molecular flexibility index (Phi) is 7.29. The summed E-state index contributed by atoms with van der Waals surface area (Å²) >= 11 is 0. The van der Waals surface area contributed by atoms with Crippen LogP contribution in [0.5, 0.6) is 5.75 Å². The second-order valence-electron chi connectivity index (χ2n) is 7.13. The first-order valence-electron chi connectivity index (χ1n) is 9.91. The molecule has 2 heterocycles. The van der Waals surface area contributed by atoms with Crippen molar-refractivity contribution in [3.63, 3.8) is 0 Å². The summed E-state index contributed by atoms with van der Waals surface area (Å²) < 4.78 is 10.9. The van der Waals surface area contributed by atoms with E-state index in [1.165, 1.54) is 7.11 Å². The van der Waals surface area contributed by atoms with Crippen LogP contribution in [0.1, 0.15) is 23.2 Å². The number of amides is 4. The van der Waals surface area contributed by atoms with Gasteiger partial charge in [-0.1, -0.05) is 0 Å². The van der Waals surface area contributed by atoms with Crippen molar-refractivity contribution in [3.8, 4) is 5.75 Å². The van der Waals surface area contributed by atoms with E-state index in [9.17, 15) is 14.4 Å². The van der Waals surface area contributed by atoms with Gasteiger partial charge in [-0.15, -0.1) is 0 Å². The number of rotatable bonds is 8. The zero-order valence-electron chi connectivity index (χ0n) is 16.7. The fourth-order valence-corrected chi connectivity index (χ4v) is 3.45. The smallest absolute Gasteiger partial charge is 0.317 e. The lowest BCUT2D eigenvalue weighted by molar-refractivity contribution is -0.136. The Morgan fingerprint density at radius 2 is 1.90 bits per heavy atom. The van der Waals surface area contributed by atoms with Crippen molar-refractivity contribution in [1.29, 1.82) is 0 Å². The van der Waals surface area contributed by atoms with Gasteiger partial charge in [-0.3, -0.25) is 9.59 Å². The standard InChI is InChI=1S/C20H28N4O5/c1-28-14-18(25)23-10-6-17(7-11-23)29-16-4-2-15(3-5-16)19(26)21-8-12-24-13-9-22-20(24)27/h2-5,17H,6-14H2,1H3,(H,21,26)(H,22,27). The molecule has 2 aliphatic rings. The molecule has 9 nitrogen and oxygen atoms in total. The summed E-state index contributed by atoms with van der Waals surface area (Å²) in [7, 11) is 1.52. The Bertz CT molecular complexity index is 716. The Hall–Kier alpha value is -2.81. The summed E-state index contributed by atoms with van der Waals surface area (Å²) in [4.78, 5) is 39.0. The van der Waals surface area contributed by atoms with Crippen LogP contribution < -0.4 is 15.4 Å². The predicted octanol–water partition coefficient (Wildman–Crippen LogP) is 0.458. The zero-order chi connectivity index (χ0) is 20.6. The van der Waals surface area contributed by atoms with Gasteiger partial charge in [0.05, 0.1) is 0 Å². The van der Waals surface area contributed by atoms with E-state index in [-0.39, 0.29) is 30.6 Å². The molecule has 2 saturated heterocycles. The van der Waals surface area contributed by atoms with Gasteiger partial charge in [-0.2, -0.15) is 0 Å². The molecule has 2 aliphatic heterocycles. The summed E-state index contributed by atoms with van der Waals surface area (Å²) in [6.45, 7) is 3.64. The van der Waals surface area contributed by atoms with Gasteiger partial charge in [0.15, 0.2) is 0 Å². The number of likely N-dealkylation sites (tertiary alicyclic amines) is 1. The maximum absolute atomic E-state index is 12.2.